The average Bonchev–Trinajstić information content (AvgIpc) is 2.76. The topological polar surface area (TPSA) is 58.4 Å². The number of allylic oxidation sites excluding steroid dienone is 2. The van der Waals surface area contributed by atoms with Crippen LogP contribution in [-0.2, 0) is 4.79 Å². The minimum Gasteiger partial charge on any atom is -0.365 e. The third-order valence-corrected chi connectivity index (χ3v) is 5.81. The van der Waals surface area contributed by atoms with E-state index in [1.165, 1.54) is 4.68 Å². The summed E-state index contributed by atoms with van der Waals surface area (Å²) in [5, 5.41) is 4.46. The van der Waals surface area contributed by atoms with E-state index in [1.807, 2.05) is 40.1 Å². The molecule has 1 fully saturated rings. The number of aromatic nitrogens is 2. The number of anilines is 1. The molecule has 6 nitrogen and oxygen atoms in total. The largest absolute Gasteiger partial charge is 0.365 e. The number of rotatable bonds is 3. The number of amides is 1. The SMILES string of the molecule is O=C([C@H]1CC=CCC1)N1CCN(c2cnn(-c3ccccc3)c(=O)c2Cl)CC1. The number of para-hydroxylation sites is 1. The van der Waals surface area contributed by atoms with Crippen LogP contribution in [0.3, 0.4) is 0 Å². The summed E-state index contributed by atoms with van der Waals surface area (Å²) in [4.78, 5) is 29.4. The molecule has 1 aliphatic carbocycles. The lowest BCUT2D eigenvalue weighted by atomic mass is 9.93. The van der Waals surface area contributed by atoms with Crippen LogP contribution >= 0.6 is 11.6 Å². The van der Waals surface area contributed by atoms with E-state index in [9.17, 15) is 9.59 Å². The molecule has 4 rings (SSSR count). The second-order valence-electron chi connectivity index (χ2n) is 7.19. The van der Waals surface area contributed by atoms with Crippen LogP contribution in [0, 0.1) is 5.92 Å². The van der Waals surface area contributed by atoms with Crippen molar-refractivity contribution < 1.29 is 4.79 Å². The maximum absolute atomic E-state index is 12.7. The molecule has 0 radical (unpaired) electrons. The zero-order chi connectivity index (χ0) is 19.5. The van der Waals surface area contributed by atoms with Gasteiger partial charge in [0.2, 0.25) is 5.91 Å². The Morgan fingerprint density at radius 2 is 1.82 bits per heavy atom. The van der Waals surface area contributed by atoms with Crippen molar-refractivity contribution in [2.45, 2.75) is 19.3 Å². The number of halogens is 1. The molecule has 1 atom stereocenters. The Morgan fingerprint density at radius 1 is 1.07 bits per heavy atom. The van der Waals surface area contributed by atoms with Gasteiger partial charge in [-0.3, -0.25) is 9.59 Å². The summed E-state index contributed by atoms with van der Waals surface area (Å²) in [6.45, 7) is 2.56. The number of nitrogens with zero attached hydrogens (tertiary/aromatic N) is 4. The molecule has 1 aromatic heterocycles. The lowest BCUT2D eigenvalue weighted by Gasteiger charge is -2.37. The third-order valence-electron chi connectivity index (χ3n) is 5.45. The Balaban J connectivity index is 1.46. The highest BCUT2D eigenvalue weighted by Crippen LogP contribution is 2.25. The lowest BCUT2D eigenvalue weighted by Crippen LogP contribution is -2.50. The van der Waals surface area contributed by atoms with Crippen LogP contribution in [0.2, 0.25) is 5.02 Å². The van der Waals surface area contributed by atoms with E-state index in [2.05, 4.69) is 17.3 Å². The Labute approximate surface area is 169 Å². The maximum Gasteiger partial charge on any atom is 0.292 e. The van der Waals surface area contributed by atoms with E-state index in [0.717, 1.165) is 19.3 Å². The van der Waals surface area contributed by atoms with Gasteiger partial charge in [0, 0.05) is 32.1 Å². The molecule has 2 aromatic rings. The van der Waals surface area contributed by atoms with Crippen molar-refractivity contribution in [3.63, 3.8) is 0 Å². The van der Waals surface area contributed by atoms with Crippen molar-refractivity contribution in [3.05, 3.63) is 64.1 Å². The van der Waals surface area contributed by atoms with E-state index in [0.29, 0.717) is 37.6 Å². The molecule has 0 saturated carbocycles. The van der Waals surface area contributed by atoms with Crippen LogP contribution in [0.1, 0.15) is 19.3 Å². The van der Waals surface area contributed by atoms with Gasteiger partial charge in [-0.05, 0) is 31.4 Å². The molecular formula is C21H23ClN4O2. The summed E-state index contributed by atoms with van der Waals surface area (Å²) >= 11 is 6.40. The van der Waals surface area contributed by atoms with Gasteiger partial charge in [-0.15, -0.1) is 0 Å². The number of hydrogen-bond acceptors (Lipinski definition) is 4. The highest BCUT2D eigenvalue weighted by Gasteiger charge is 2.28. The van der Waals surface area contributed by atoms with E-state index >= 15 is 0 Å². The van der Waals surface area contributed by atoms with E-state index < -0.39 is 0 Å². The molecule has 2 aliphatic rings. The van der Waals surface area contributed by atoms with Crippen molar-refractivity contribution in [2.75, 3.05) is 31.1 Å². The molecule has 0 spiro atoms. The van der Waals surface area contributed by atoms with Crippen molar-refractivity contribution in [1.29, 1.82) is 0 Å². The summed E-state index contributed by atoms with van der Waals surface area (Å²) in [7, 11) is 0. The van der Waals surface area contributed by atoms with Gasteiger partial charge in [-0.2, -0.15) is 9.78 Å². The smallest absolute Gasteiger partial charge is 0.292 e. The molecule has 146 valence electrons. The van der Waals surface area contributed by atoms with Gasteiger partial charge < -0.3 is 9.80 Å². The average molecular weight is 399 g/mol. The van der Waals surface area contributed by atoms with Crippen LogP contribution in [0.15, 0.2) is 53.5 Å². The van der Waals surface area contributed by atoms with E-state index in [1.54, 1.807) is 6.20 Å². The van der Waals surface area contributed by atoms with Crippen LogP contribution in [0.25, 0.3) is 5.69 Å². The third kappa shape index (κ3) is 3.69. The second kappa shape index (κ2) is 8.19. The number of benzene rings is 1. The number of carbonyl (C=O) groups excluding carboxylic acids is 1. The predicted octanol–water partition coefficient (Wildman–Crippen LogP) is 2.89. The van der Waals surface area contributed by atoms with Gasteiger partial charge in [-0.1, -0.05) is 42.0 Å². The standard InChI is InChI=1S/C21H23ClN4O2/c22-19-18(15-23-26(21(19)28)17-9-5-2-6-10-17)24-11-13-25(14-12-24)20(27)16-7-3-1-4-8-16/h1-3,5-6,9-10,15-16H,4,7-8,11-14H2/t16-/m0/s1. The number of piperazine rings is 1. The van der Waals surface area contributed by atoms with Crippen molar-refractivity contribution in [1.82, 2.24) is 14.7 Å². The molecule has 7 heteroatoms. The molecule has 1 aromatic carbocycles. The van der Waals surface area contributed by atoms with Crippen LogP contribution in [0.5, 0.6) is 0 Å². The Bertz CT molecular complexity index is 933. The molecule has 1 aliphatic heterocycles. The van der Waals surface area contributed by atoms with Gasteiger partial charge in [0.1, 0.15) is 5.02 Å². The van der Waals surface area contributed by atoms with Gasteiger partial charge >= 0.3 is 0 Å². The molecule has 1 saturated heterocycles. The molecular weight excluding hydrogens is 376 g/mol. The first kappa shape index (κ1) is 18.7. The first-order valence-corrected chi connectivity index (χ1v) is 10.0. The minimum absolute atomic E-state index is 0.108. The van der Waals surface area contributed by atoms with E-state index in [-0.39, 0.29) is 22.4 Å². The summed E-state index contributed by atoms with van der Waals surface area (Å²) in [5.41, 5.74) is 0.974. The predicted molar refractivity (Wildman–Crippen MR) is 110 cm³/mol. The Morgan fingerprint density at radius 3 is 2.50 bits per heavy atom. The summed E-state index contributed by atoms with van der Waals surface area (Å²) in [5.74, 6) is 0.351. The quantitative estimate of drug-likeness (QED) is 0.746. The summed E-state index contributed by atoms with van der Waals surface area (Å²) in [6.07, 6.45) is 8.65. The molecule has 0 N–H and O–H groups in total. The van der Waals surface area contributed by atoms with Crippen molar-refractivity contribution in [2.24, 2.45) is 5.92 Å². The zero-order valence-electron chi connectivity index (χ0n) is 15.6. The molecule has 28 heavy (non-hydrogen) atoms. The van der Waals surface area contributed by atoms with Gasteiger partial charge in [-0.25, -0.2) is 0 Å². The fraction of sp³-hybridized carbons (Fsp3) is 0.381. The van der Waals surface area contributed by atoms with Crippen molar-refractivity contribution in [3.8, 4) is 5.69 Å². The molecule has 0 bridgehead atoms. The van der Waals surface area contributed by atoms with Gasteiger partial charge in [0.05, 0.1) is 17.6 Å². The summed E-state index contributed by atoms with van der Waals surface area (Å²) in [6, 6.07) is 9.21. The lowest BCUT2D eigenvalue weighted by molar-refractivity contribution is -0.136. The fourth-order valence-electron chi connectivity index (χ4n) is 3.84. The van der Waals surface area contributed by atoms with E-state index in [4.69, 9.17) is 11.6 Å². The normalized spacial score (nSPS) is 19.7. The maximum atomic E-state index is 12.7. The first-order chi connectivity index (χ1) is 13.6. The second-order valence-corrected chi connectivity index (χ2v) is 7.57. The molecule has 0 unspecified atom stereocenters. The fourth-order valence-corrected chi connectivity index (χ4v) is 4.09. The number of hydrogen-bond donors (Lipinski definition) is 0. The first-order valence-electron chi connectivity index (χ1n) is 9.67. The molecule has 1 amide bonds. The number of carbonyl (C=O) groups is 1. The van der Waals surface area contributed by atoms with Gasteiger partial charge in [0.15, 0.2) is 0 Å². The highest BCUT2D eigenvalue weighted by atomic mass is 35.5. The minimum atomic E-state index is -0.335. The van der Waals surface area contributed by atoms with Crippen molar-refractivity contribution >= 4 is 23.2 Å². The van der Waals surface area contributed by atoms with Crippen LogP contribution in [-0.4, -0.2) is 46.8 Å². The van der Waals surface area contributed by atoms with Crippen LogP contribution < -0.4 is 10.5 Å². The van der Waals surface area contributed by atoms with Gasteiger partial charge in [0.25, 0.3) is 5.56 Å². The Kier molecular flexibility index (Phi) is 5.48. The van der Waals surface area contributed by atoms with Crippen LogP contribution in [0.4, 0.5) is 5.69 Å². The monoisotopic (exact) mass is 398 g/mol. The highest BCUT2D eigenvalue weighted by molar-refractivity contribution is 6.33. The Hall–Kier alpha value is -2.60. The summed E-state index contributed by atoms with van der Waals surface area (Å²) < 4.78 is 1.31. The molecule has 2 heterocycles. The zero-order valence-corrected chi connectivity index (χ0v) is 16.4.